The second kappa shape index (κ2) is 10.0. The lowest BCUT2D eigenvalue weighted by Gasteiger charge is -2.23. The van der Waals surface area contributed by atoms with Gasteiger partial charge in [-0.1, -0.05) is 48.9 Å². The van der Waals surface area contributed by atoms with Gasteiger partial charge in [-0.25, -0.2) is 0 Å². The first kappa shape index (κ1) is 22.1. The molecule has 0 unspecified atom stereocenters. The number of carboxylic acids is 1. The zero-order chi connectivity index (χ0) is 23.3. The van der Waals surface area contributed by atoms with Crippen LogP contribution in [0.15, 0.2) is 72.8 Å². The van der Waals surface area contributed by atoms with Crippen LogP contribution in [0, 0.1) is 0 Å². The van der Waals surface area contributed by atoms with Crippen molar-refractivity contribution in [2.75, 3.05) is 0 Å². The van der Waals surface area contributed by atoms with Crippen LogP contribution in [0.5, 0.6) is 11.5 Å². The Morgan fingerprint density at radius 1 is 0.941 bits per heavy atom. The van der Waals surface area contributed by atoms with Gasteiger partial charge in [0.15, 0.2) is 0 Å². The molecule has 4 aromatic rings. The molecule has 2 N–H and O–H groups in total. The zero-order valence-electron chi connectivity index (χ0n) is 19.1. The Labute approximate surface area is 199 Å². The highest BCUT2D eigenvalue weighted by atomic mass is 16.5. The standard InChI is InChI=1S/C29H29NO4/c31-28(32)18-25-24-17-22(34-21-11-5-2-6-12-21)15-16-26(24)30-29(25)23-13-7-8-14-27(23)33-19-20-9-3-1-4-10-20/h1,3-4,7-10,13-17,21,30H,2,5-6,11-12,18-19H2,(H,31,32). The number of ether oxygens (including phenoxy) is 2. The van der Waals surface area contributed by atoms with Crippen LogP contribution >= 0.6 is 0 Å². The normalized spacial score (nSPS) is 14.2. The number of hydrogen-bond acceptors (Lipinski definition) is 3. The van der Waals surface area contributed by atoms with Crippen LogP contribution in [-0.4, -0.2) is 22.2 Å². The van der Waals surface area contributed by atoms with E-state index in [9.17, 15) is 9.90 Å². The third-order valence-electron chi connectivity index (χ3n) is 6.45. The van der Waals surface area contributed by atoms with Crippen molar-refractivity contribution in [3.05, 3.63) is 83.9 Å². The number of benzene rings is 3. The van der Waals surface area contributed by atoms with Gasteiger partial charge in [-0.2, -0.15) is 0 Å². The predicted octanol–water partition coefficient (Wildman–Crippen LogP) is 6.75. The van der Waals surface area contributed by atoms with E-state index in [4.69, 9.17) is 9.47 Å². The molecule has 5 rings (SSSR count). The lowest BCUT2D eigenvalue weighted by atomic mass is 9.97. The molecule has 0 aliphatic heterocycles. The van der Waals surface area contributed by atoms with Crippen molar-refractivity contribution >= 4 is 16.9 Å². The molecule has 1 heterocycles. The molecule has 1 aliphatic carbocycles. The van der Waals surface area contributed by atoms with E-state index in [0.29, 0.717) is 12.4 Å². The maximum Gasteiger partial charge on any atom is 0.307 e. The first-order valence-electron chi connectivity index (χ1n) is 12.0. The van der Waals surface area contributed by atoms with E-state index < -0.39 is 5.97 Å². The molecular formula is C29H29NO4. The Balaban J connectivity index is 1.50. The molecule has 0 atom stereocenters. The number of aromatic nitrogens is 1. The van der Waals surface area contributed by atoms with Crippen LogP contribution in [0.1, 0.15) is 43.2 Å². The average molecular weight is 456 g/mol. The van der Waals surface area contributed by atoms with Gasteiger partial charge in [-0.15, -0.1) is 0 Å². The molecule has 174 valence electrons. The fourth-order valence-corrected chi connectivity index (χ4v) is 4.77. The van der Waals surface area contributed by atoms with Gasteiger partial charge < -0.3 is 19.6 Å². The number of aliphatic carboxylic acids is 1. The van der Waals surface area contributed by atoms with E-state index in [-0.39, 0.29) is 12.5 Å². The SMILES string of the molecule is O=C(O)Cc1c(-c2ccccc2OCc2ccccc2)[nH]c2ccc(OC3CCCCC3)cc12. The summed E-state index contributed by atoms with van der Waals surface area (Å²) >= 11 is 0. The van der Waals surface area contributed by atoms with Crippen molar-refractivity contribution in [3.63, 3.8) is 0 Å². The number of nitrogens with one attached hydrogen (secondary N) is 1. The molecule has 0 spiro atoms. The molecule has 1 aliphatic rings. The van der Waals surface area contributed by atoms with Crippen molar-refractivity contribution in [2.45, 2.75) is 51.2 Å². The first-order chi connectivity index (χ1) is 16.7. The Hall–Kier alpha value is -3.73. The second-order valence-electron chi connectivity index (χ2n) is 8.90. The van der Waals surface area contributed by atoms with Crippen LogP contribution in [-0.2, 0) is 17.8 Å². The van der Waals surface area contributed by atoms with Crippen LogP contribution in [0.2, 0.25) is 0 Å². The summed E-state index contributed by atoms with van der Waals surface area (Å²) < 4.78 is 12.4. The summed E-state index contributed by atoms with van der Waals surface area (Å²) in [7, 11) is 0. The smallest absolute Gasteiger partial charge is 0.307 e. The molecule has 1 aromatic heterocycles. The molecular weight excluding hydrogens is 426 g/mol. The number of rotatable bonds is 8. The Morgan fingerprint density at radius 3 is 2.50 bits per heavy atom. The summed E-state index contributed by atoms with van der Waals surface area (Å²) in [5, 5.41) is 10.6. The summed E-state index contributed by atoms with van der Waals surface area (Å²) in [4.78, 5) is 15.3. The van der Waals surface area contributed by atoms with Crippen LogP contribution in [0.25, 0.3) is 22.2 Å². The predicted molar refractivity (Wildman–Crippen MR) is 133 cm³/mol. The Morgan fingerprint density at radius 2 is 1.71 bits per heavy atom. The Bertz CT molecular complexity index is 1270. The minimum atomic E-state index is -0.872. The van der Waals surface area contributed by atoms with Gasteiger partial charge in [0, 0.05) is 16.5 Å². The van der Waals surface area contributed by atoms with Crippen molar-refractivity contribution < 1.29 is 19.4 Å². The molecule has 34 heavy (non-hydrogen) atoms. The summed E-state index contributed by atoms with van der Waals surface area (Å²) in [6, 6.07) is 23.7. The fourth-order valence-electron chi connectivity index (χ4n) is 4.77. The highest BCUT2D eigenvalue weighted by Crippen LogP contribution is 2.38. The number of fused-ring (bicyclic) bond motifs is 1. The van der Waals surface area contributed by atoms with Crippen molar-refractivity contribution in [1.29, 1.82) is 0 Å². The molecule has 1 fully saturated rings. The van der Waals surface area contributed by atoms with Crippen LogP contribution in [0.3, 0.4) is 0 Å². The highest BCUT2D eigenvalue weighted by Gasteiger charge is 2.20. The maximum atomic E-state index is 11.8. The molecule has 5 heteroatoms. The zero-order valence-corrected chi connectivity index (χ0v) is 19.1. The number of H-pyrrole nitrogens is 1. The van der Waals surface area contributed by atoms with Crippen molar-refractivity contribution in [3.8, 4) is 22.8 Å². The van der Waals surface area contributed by atoms with E-state index in [1.807, 2.05) is 72.8 Å². The van der Waals surface area contributed by atoms with E-state index in [0.717, 1.165) is 51.9 Å². The average Bonchev–Trinajstić information content (AvgIpc) is 3.21. The Kier molecular flexibility index (Phi) is 6.52. The van der Waals surface area contributed by atoms with Gasteiger partial charge in [0.25, 0.3) is 0 Å². The molecule has 5 nitrogen and oxygen atoms in total. The monoisotopic (exact) mass is 455 g/mol. The molecule has 0 saturated heterocycles. The van der Waals surface area contributed by atoms with Crippen LogP contribution < -0.4 is 9.47 Å². The minimum Gasteiger partial charge on any atom is -0.490 e. The topological polar surface area (TPSA) is 71.5 Å². The van der Waals surface area contributed by atoms with Crippen molar-refractivity contribution in [1.82, 2.24) is 4.98 Å². The second-order valence-corrected chi connectivity index (χ2v) is 8.90. The molecule has 0 amide bonds. The molecule has 3 aromatic carbocycles. The number of carbonyl (C=O) groups is 1. The van der Waals surface area contributed by atoms with Gasteiger partial charge in [0.2, 0.25) is 0 Å². The van der Waals surface area contributed by atoms with Gasteiger partial charge in [-0.05, 0) is 67.1 Å². The van der Waals surface area contributed by atoms with Gasteiger partial charge in [0.1, 0.15) is 18.1 Å². The van der Waals surface area contributed by atoms with E-state index in [1.165, 1.54) is 19.3 Å². The quantitative estimate of drug-likeness (QED) is 0.308. The highest BCUT2D eigenvalue weighted by molar-refractivity contribution is 5.95. The summed E-state index contributed by atoms with van der Waals surface area (Å²) in [5.74, 6) is 0.636. The van der Waals surface area contributed by atoms with E-state index >= 15 is 0 Å². The van der Waals surface area contributed by atoms with Crippen LogP contribution in [0.4, 0.5) is 0 Å². The number of carboxylic acid groups (broad SMARTS) is 1. The number of hydrogen-bond donors (Lipinski definition) is 2. The summed E-state index contributed by atoms with van der Waals surface area (Å²) in [6.45, 7) is 0.436. The first-order valence-corrected chi connectivity index (χ1v) is 12.0. The molecule has 0 bridgehead atoms. The van der Waals surface area contributed by atoms with E-state index in [2.05, 4.69) is 4.98 Å². The lowest BCUT2D eigenvalue weighted by molar-refractivity contribution is -0.136. The fraction of sp³-hybridized carbons (Fsp3) is 0.276. The summed E-state index contributed by atoms with van der Waals surface area (Å²) in [6.07, 6.45) is 5.97. The maximum absolute atomic E-state index is 11.8. The minimum absolute atomic E-state index is 0.0881. The third-order valence-corrected chi connectivity index (χ3v) is 6.45. The largest absolute Gasteiger partial charge is 0.490 e. The third kappa shape index (κ3) is 4.93. The van der Waals surface area contributed by atoms with Gasteiger partial charge in [-0.3, -0.25) is 4.79 Å². The number of aromatic amines is 1. The lowest BCUT2D eigenvalue weighted by Crippen LogP contribution is -2.19. The van der Waals surface area contributed by atoms with Crippen molar-refractivity contribution in [2.24, 2.45) is 0 Å². The summed E-state index contributed by atoms with van der Waals surface area (Å²) in [5.41, 5.74) is 4.33. The van der Waals surface area contributed by atoms with E-state index in [1.54, 1.807) is 0 Å². The molecule has 1 saturated carbocycles. The molecule has 0 radical (unpaired) electrons. The number of para-hydroxylation sites is 1. The van der Waals surface area contributed by atoms with Gasteiger partial charge in [0.05, 0.1) is 18.2 Å². The van der Waals surface area contributed by atoms with Gasteiger partial charge >= 0.3 is 5.97 Å².